The fourth-order valence-corrected chi connectivity index (χ4v) is 9.53. The van der Waals surface area contributed by atoms with Crippen LogP contribution in [0.15, 0.2) is 159 Å². The predicted octanol–water partition coefficient (Wildman–Crippen LogP) is 22.5. The van der Waals surface area contributed by atoms with Crippen molar-refractivity contribution < 1.29 is 9.47 Å². The highest BCUT2D eigenvalue weighted by Crippen LogP contribution is 2.26. The van der Waals surface area contributed by atoms with E-state index in [0.29, 0.717) is 94.4 Å². The van der Waals surface area contributed by atoms with Gasteiger partial charge < -0.3 is 9.47 Å². The third-order valence-corrected chi connectivity index (χ3v) is 15.4. The molecule has 124 heavy (non-hydrogen) atoms. The lowest BCUT2D eigenvalue weighted by molar-refractivity contribution is 0.324. The molecule has 0 saturated carbocycles. The summed E-state index contributed by atoms with van der Waals surface area (Å²) in [5, 5.41) is 0. The summed E-state index contributed by atoms with van der Waals surface area (Å²) in [6, 6.07) is 31.7. The minimum atomic E-state index is -0.623. The first-order valence-electron chi connectivity index (χ1n) is 44.8. The number of aromatic nitrogens is 9. The first-order valence-corrected chi connectivity index (χ1v) is 44.8. The van der Waals surface area contributed by atoms with Crippen LogP contribution >= 0.6 is 0 Å². The minimum absolute atomic E-state index is 0.0777. The fraction of sp³-hybridized carbons (Fsp3) is 0.702. The van der Waals surface area contributed by atoms with Gasteiger partial charge in [0.15, 0.2) is 0 Å². The molecule has 0 aliphatic carbocycles. The third-order valence-electron chi connectivity index (χ3n) is 15.4. The smallest absolute Gasteiger partial charge is 0.336 e. The first kappa shape index (κ1) is 123. The van der Waals surface area contributed by atoms with Crippen molar-refractivity contribution in [2.24, 2.45) is 62.8 Å². The number of hydrogen-bond donors (Lipinski definition) is 0. The van der Waals surface area contributed by atoms with E-state index < -0.39 is 51.2 Å². The summed E-state index contributed by atoms with van der Waals surface area (Å²) in [5.74, 6) is 0. The Labute approximate surface area is 753 Å². The Morgan fingerprint density at radius 3 is 0.605 bits per heavy atom. The normalized spacial score (nSPS) is 13.8. The molecule has 0 radical (unpaired) electrons. The molecular formula is C104H185N9O11. The van der Waals surface area contributed by atoms with Gasteiger partial charge >= 0.3 is 51.2 Å². The standard InChI is InChI=1S/C16H25N3O5.C16H25N3O3.C12H21N3O3.3C10H14.6C5H12/c1-16(2,3)5-4-6-17-13(20)18(7-11-9-23-11)15(22)19(14(17)21)8-12-10-24-12;1-6-10-17-13(20)18(11-7-2)15(22)19(14(17)21)12-8-9-16(3,4)5;1-12(2,3)7-6-8-15-10(17)13(4)9(16)14(5)11(15)18;3*1-10(2,3)9-7-5-4-6-8-9;6*1-5(2,3)4/h11-12H,4-10H2,1-3H3;6-7H,1-2,8-12H2,3-5H3;6-8H2,1-5H3;3*4-8H,1-3H3;6*1-4H3. The summed E-state index contributed by atoms with van der Waals surface area (Å²) in [6.07, 6.45) is 7.51. The molecule has 2 fully saturated rings. The van der Waals surface area contributed by atoms with E-state index in [1.807, 2.05) is 0 Å². The molecule has 5 heterocycles. The molecule has 8 rings (SSSR count). The van der Waals surface area contributed by atoms with Crippen molar-refractivity contribution in [3.63, 3.8) is 0 Å². The number of ether oxygens (including phenoxy) is 2. The molecule has 2 aliphatic heterocycles. The van der Waals surface area contributed by atoms with E-state index in [-0.39, 0.29) is 54.6 Å². The second-order valence-electron chi connectivity index (χ2n) is 48.9. The van der Waals surface area contributed by atoms with Crippen LogP contribution in [0.25, 0.3) is 0 Å². The Kier molecular flexibility index (Phi) is 53.2. The van der Waals surface area contributed by atoms with E-state index >= 15 is 0 Å². The van der Waals surface area contributed by atoms with Gasteiger partial charge in [-0.3, -0.25) is 0 Å². The van der Waals surface area contributed by atoms with Crippen molar-refractivity contribution in [3.05, 3.63) is 227 Å². The molecule has 0 spiro atoms. The van der Waals surface area contributed by atoms with Gasteiger partial charge in [-0.15, -0.1) is 13.2 Å². The van der Waals surface area contributed by atoms with Crippen molar-refractivity contribution in [1.29, 1.82) is 0 Å². The van der Waals surface area contributed by atoms with Crippen LogP contribution in [0, 0.1) is 48.7 Å². The van der Waals surface area contributed by atoms with Crippen LogP contribution in [0.4, 0.5) is 0 Å². The highest BCUT2D eigenvalue weighted by molar-refractivity contribution is 5.24. The van der Waals surface area contributed by atoms with Crippen LogP contribution in [-0.4, -0.2) is 66.5 Å². The number of allylic oxidation sites excluding steroid dienone is 2. The molecule has 2 saturated heterocycles. The minimum Gasteiger partial charge on any atom is -0.371 e. The molecule has 0 amide bonds. The highest BCUT2D eigenvalue weighted by atomic mass is 16.6. The second kappa shape index (κ2) is 53.8. The van der Waals surface area contributed by atoms with E-state index in [1.165, 1.54) is 47.5 Å². The van der Waals surface area contributed by atoms with Crippen LogP contribution in [0.5, 0.6) is 0 Å². The zero-order valence-corrected chi connectivity index (χ0v) is 87.5. The first-order chi connectivity index (χ1) is 55.4. The Bertz CT molecular complexity index is 4190. The van der Waals surface area contributed by atoms with Crippen LogP contribution in [0.2, 0.25) is 0 Å². The lowest BCUT2D eigenvalue weighted by Crippen LogP contribution is -2.55. The largest absolute Gasteiger partial charge is 0.371 e. The van der Waals surface area contributed by atoms with Crippen molar-refractivity contribution >= 4 is 0 Å². The van der Waals surface area contributed by atoms with Crippen molar-refractivity contribution in [2.45, 2.75) is 404 Å². The maximum absolute atomic E-state index is 12.6. The Hall–Kier alpha value is -7.71. The van der Waals surface area contributed by atoms with Crippen molar-refractivity contribution in [2.75, 3.05) is 13.2 Å². The molecule has 712 valence electrons. The average Bonchev–Trinajstić information content (AvgIpc) is 1.41. The number of epoxide rings is 2. The molecule has 3 aromatic carbocycles. The quantitative estimate of drug-likeness (QED) is 0.0617. The lowest BCUT2D eigenvalue weighted by Gasteiger charge is -2.18. The molecule has 0 N–H and O–H groups in total. The highest BCUT2D eigenvalue weighted by Gasteiger charge is 2.30. The SMILES string of the molecule is C=CCn1c(=O)n(CC=C)c(=O)n(CCCC(C)(C)C)c1=O.CC(C)(C)C.CC(C)(C)C.CC(C)(C)C.CC(C)(C)C.CC(C)(C)C.CC(C)(C)C.CC(C)(C)CCCn1c(=O)n(CC2CO2)c(=O)n(CC2CO2)c1=O.CC(C)(C)c1ccccc1.CC(C)(C)c1ccccc1.CC(C)(C)c1ccccc1.Cn1c(=O)n(C)c(=O)n(CCCC(C)(C)C)c1=O. The molecule has 2 aliphatic rings. The van der Waals surface area contributed by atoms with E-state index in [2.05, 4.69) is 395 Å². The van der Waals surface area contributed by atoms with Crippen LogP contribution in [0.1, 0.15) is 346 Å². The van der Waals surface area contributed by atoms with Gasteiger partial charge in [-0.25, -0.2) is 84.3 Å². The van der Waals surface area contributed by atoms with Crippen LogP contribution in [0.3, 0.4) is 0 Å². The molecular weight excluding hydrogens is 1550 g/mol. The summed E-state index contributed by atoms with van der Waals surface area (Å²) >= 11 is 0. The van der Waals surface area contributed by atoms with Crippen LogP contribution < -0.4 is 51.2 Å². The Balaban J connectivity index is -0.000000666. The molecule has 20 nitrogen and oxygen atoms in total. The summed E-state index contributed by atoms with van der Waals surface area (Å²) in [7, 11) is 2.76. The Morgan fingerprint density at radius 2 is 0.444 bits per heavy atom. The van der Waals surface area contributed by atoms with Gasteiger partial charge in [0.25, 0.3) is 0 Å². The monoisotopic (exact) mass is 1740 g/mol. The van der Waals surface area contributed by atoms with Gasteiger partial charge in [-0.2, -0.15) is 0 Å². The van der Waals surface area contributed by atoms with Gasteiger partial charge in [0.2, 0.25) is 0 Å². The topological polar surface area (TPSA) is 223 Å². The van der Waals surface area contributed by atoms with Gasteiger partial charge in [0.1, 0.15) is 0 Å². The van der Waals surface area contributed by atoms with E-state index in [1.54, 1.807) is 0 Å². The fourth-order valence-electron chi connectivity index (χ4n) is 9.53. The van der Waals surface area contributed by atoms with Gasteiger partial charge in [-0.1, -0.05) is 394 Å². The maximum atomic E-state index is 12.6. The molecule has 6 aromatic rings. The molecule has 2 atom stereocenters. The van der Waals surface area contributed by atoms with Gasteiger partial charge in [0, 0.05) is 33.7 Å². The van der Waals surface area contributed by atoms with Gasteiger partial charge in [-0.05, 0) is 120 Å². The number of nitrogens with zero attached hydrogens (tertiary/aromatic N) is 9. The predicted molar refractivity (Wildman–Crippen MR) is 532 cm³/mol. The van der Waals surface area contributed by atoms with Crippen molar-refractivity contribution in [1.82, 2.24) is 41.1 Å². The maximum Gasteiger partial charge on any atom is 0.336 e. The van der Waals surface area contributed by atoms with E-state index in [0.717, 1.165) is 62.2 Å². The molecule has 0 bridgehead atoms. The van der Waals surface area contributed by atoms with Crippen molar-refractivity contribution in [3.8, 4) is 0 Å². The lowest BCUT2D eigenvalue weighted by atomic mass is 9.87. The van der Waals surface area contributed by atoms with Crippen LogP contribution in [-0.2, 0) is 85.6 Å². The average molecular weight is 1740 g/mol. The number of benzene rings is 3. The van der Waals surface area contributed by atoms with Gasteiger partial charge in [0.05, 0.1) is 51.6 Å². The molecule has 20 heteroatoms. The van der Waals surface area contributed by atoms with E-state index in [9.17, 15) is 43.2 Å². The Morgan fingerprint density at radius 1 is 0.274 bits per heavy atom. The number of hydrogen-bond acceptors (Lipinski definition) is 11. The zero-order valence-electron chi connectivity index (χ0n) is 87.5. The second-order valence-corrected chi connectivity index (χ2v) is 48.9. The summed E-state index contributed by atoms with van der Waals surface area (Å²) in [4.78, 5) is 110. The number of rotatable bonds is 17. The molecule has 2 unspecified atom stereocenters. The zero-order chi connectivity index (χ0) is 98.3. The van der Waals surface area contributed by atoms with E-state index in [4.69, 9.17) is 9.47 Å². The summed E-state index contributed by atoms with van der Waals surface area (Å²) < 4.78 is 19.9. The molecule has 3 aromatic heterocycles. The summed E-state index contributed by atoms with van der Waals surface area (Å²) in [5.41, 5.74) is 3.38. The third kappa shape index (κ3) is 67.6. The summed E-state index contributed by atoms with van der Waals surface area (Å²) in [6.45, 7) is 101.